The fourth-order valence-corrected chi connectivity index (χ4v) is 4.26. The van der Waals surface area contributed by atoms with Crippen LogP contribution in [0.1, 0.15) is 35.7 Å². The van der Waals surface area contributed by atoms with Crippen LogP contribution in [-0.2, 0) is 11.3 Å². The van der Waals surface area contributed by atoms with Gasteiger partial charge in [0, 0.05) is 31.2 Å². The highest BCUT2D eigenvalue weighted by atomic mass is 16.5. The minimum absolute atomic E-state index is 0.00358. The van der Waals surface area contributed by atoms with Crippen molar-refractivity contribution in [3.05, 3.63) is 90.0 Å². The van der Waals surface area contributed by atoms with E-state index in [0.29, 0.717) is 24.4 Å². The van der Waals surface area contributed by atoms with E-state index in [2.05, 4.69) is 15.8 Å². The van der Waals surface area contributed by atoms with Gasteiger partial charge in [-0.2, -0.15) is 0 Å². The number of carboxylic acid groups (broad SMARTS) is 1. The number of carbonyl (C=O) groups is 2. The number of carbonyl (C=O) groups excluding carboxylic acids is 1. The molecule has 7 nitrogen and oxygen atoms in total. The van der Waals surface area contributed by atoms with E-state index in [1.165, 1.54) is 0 Å². The van der Waals surface area contributed by atoms with E-state index in [1.807, 2.05) is 67.6 Å². The topological polar surface area (TPSA) is 90.9 Å². The van der Waals surface area contributed by atoms with Crippen molar-refractivity contribution in [1.29, 1.82) is 0 Å². The fraction of sp³-hybridized carbons (Fsp3) is 0.286. The minimum atomic E-state index is -0.922. The van der Waals surface area contributed by atoms with E-state index in [-0.39, 0.29) is 17.7 Å². The Morgan fingerprint density at radius 1 is 1.06 bits per heavy atom. The predicted molar refractivity (Wildman–Crippen MR) is 135 cm³/mol. The number of rotatable bonds is 8. The molecule has 35 heavy (non-hydrogen) atoms. The molecule has 0 radical (unpaired) electrons. The number of hydrazine groups is 1. The number of ether oxygens (including phenoxy) is 1. The molecule has 1 saturated heterocycles. The third-order valence-corrected chi connectivity index (χ3v) is 6.35. The van der Waals surface area contributed by atoms with Gasteiger partial charge >= 0.3 is 5.97 Å². The Hall–Kier alpha value is -3.68. The summed E-state index contributed by atoms with van der Waals surface area (Å²) in [6.45, 7) is 4.12. The summed E-state index contributed by atoms with van der Waals surface area (Å²) in [7, 11) is 0. The first-order chi connectivity index (χ1) is 17.0. The maximum absolute atomic E-state index is 12.9. The molecular formula is C28H31N3O4. The molecule has 0 aliphatic carbocycles. The van der Waals surface area contributed by atoms with Crippen molar-refractivity contribution in [3.8, 4) is 11.5 Å². The van der Waals surface area contributed by atoms with Gasteiger partial charge in [0.25, 0.3) is 0 Å². The second-order valence-electron chi connectivity index (χ2n) is 8.91. The van der Waals surface area contributed by atoms with Crippen molar-refractivity contribution in [1.82, 2.24) is 10.4 Å². The molecule has 7 heteroatoms. The quantitative estimate of drug-likeness (QED) is 0.418. The molecule has 3 aromatic carbocycles. The summed E-state index contributed by atoms with van der Waals surface area (Å²) in [5.74, 6) is 0.598. The van der Waals surface area contributed by atoms with Gasteiger partial charge in [-0.1, -0.05) is 37.3 Å². The summed E-state index contributed by atoms with van der Waals surface area (Å²) in [5.41, 5.74) is 5.43. The van der Waals surface area contributed by atoms with Crippen molar-refractivity contribution in [2.24, 2.45) is 11.8 Å². The van der Waals surface area contributed by atoms with Gasteiger partial charge in [0.1, 0.15) is 11.5 Å². The summed E-state index contributed by atoms with van der Waals surface area (Å²) in [5, 5.41) is 14.3. The average Bonchev–Trinajstić information content (AvgIpc) is 3.11. The molecule has 3 aromatic rings. The molecule has 2 atom stereocenters. The summed E-state index contributed by atoms with van der Waals surface area (Å²) in [6, 6.07) is 24.0. The van der Waals surface area contributed by atoms with Crippen LogP contribution in [0.5, 0.6) is 11.5 Å². The maximum atomic E-state index is 12.9. The van der Waals surface area contributed by atoms with Crippen molar-refractivity contribution in [3.63, 3.8) is 0 Å². The fourth-order valence-electron chi connectivity index (χ4n) is 4.26. The lowest BCUT2D eigenvalue weighted by Crippen LogP contribution is -2.40. The molecule has 1 amide bonds. The minimum Gasteiger partial charge on any atom is -0.478 e. The zero-order valence-corrected chi connectivity index (χ0v) is 19.8. The van der Waals surface area contributed by atoms with Crippen molar-refractivity contribution >= 4 is 17.6 Å². The van der Waals surface area contributed by atoms with Crippen molar-refractivity contribution < 1.29 is 19.4 Å². The zero-order valence-electron chi connectivity index (χ0n) is 19.8. The first-order valence-electron chi connectivity index (χ1n) is 11.9. The highest BCUT2D eigenvalue weighted by Gasteiger charge is 2.26. The van der Waals surface area contributed by atoms with Crippen LogP contribution < -0.4 is 15.5 Å². The molecule has 1 aliphatic heterocycles. The lowest BCUT2D eigenvalue weighted by atomic mass is 9.89. The zero-order chi connectivity index (χ0) is 24.6. The Bertz CT molecular complexity index is 1130. The van der Waals surface area contributed by atoms with Crippen molar-refractivity contribution in [2.45, 2.75) is 26.3 Å². The highest BCUT2D eigenvalue weighted by molar-refractivity contribution is 5.92. The van der Waals surface area contributed by atoms with E-state index in [9.17, 15) is 14.7 Å². The number of amides is 1. The van der Waals surface area contributed by atoms with Gasteiger partial charge in [-0.05, 0) is 72.9 Å². The van der Waals surface area contributed by atoms with Crippen molar-refractivity contribution in [2.75, 3.05) is 18.4 Å². The number of carboxylic acids is 1. The number of anilines is 1. The molecule has 0 spiro atoms. The third-order valence-electron chi connectivity index (χ3n) is 6.35. The molecule has 3 N–H and O–H groups in total. The van der Waals surface area contributed by atoms with E-state index in [4.69, 9.17) is 4.74 Å². The number of aromatic carboxylic acids is 1. The number of hydrogen-bond donors (Lipinski definition) is 3. The molecule has 0 aromatic heterocycles. The van der Waals surface area contributed by atoms with Gasteiger partial charge in [-0.15, -0.1) is 0 Å². The van der Waals surface area contributed by atoms with E-state index in [1.54, 1.807) is 18.2 Å². The summed E-state index contributed by atoms with van der Waals surface area (Å²) in [4.78, 5) is 24.2. The number of nitrogens with one attached hydrogen (secondary N) is 2. The van der Waals surface area contributed by atoms with Crippen LogP contribution >= 0.6 is 0 Å². The largest absolute Gasteiger partial charge is 0.478 e. The Balaban J connectivity index is 1.28. The molecule has 0 saturated carbocycles. The maximum Gasteiger partial charge on any atom is 0.335 e. The normalized spacial score (nSPS) is 17.2. The van der Waals surface area contributed by atoms with Gasteiger partial charge in [0.2, 0.25) is 5.91 Å². The number of hydrogen-bond acceptors (Lipinski definition) is 5. The molecular weight excluding hydrogens is 442 g/mol. The van der Waals surface area contributed by atoms with Crippen LogP contribution in [0.3, 0.4) is 0 Å². The second-order valence-corrected chi connectivity index (χ2v) is 8.91. The van der Waals surface area contributed by atoms with E-state index in [0.717, 1.165) is 36.4 Å². The average molecular weight is 474 g/mol. The molecule has 0 bridgehead atoms. The Kier molecular flexibility index (Phi) is 8.13. The van der Waals surface area contributed by atoms with Gasteiger partial charge < -0.3 is 15.2 Å². The lowest BCUT2D eigenvalue weighted by Gasteiger charge is -2.24. The van der Waals surface area contributed by atoms with Crippen LogP contribution in [-0.4, -0.2) is 35.1 Å². The summed E-state index contributed by atoms with van der Waals surface area (Å²) < 4.78 is 5.81. The predicted octanol–water partition coefficient (Wildman–Crippen LogP) is 5.17. The van der Waals surface area contributed by atoms with Crippen LogP contribution in [0.2, 0.25) is 0 Å². The number of benzene rings is 3. The smallest absolute Gasteiger partial charge is 0.335 e. The Morgan fingerprint density at radius 3 is 2.54 bits per heavy atom. The van der Waals surface area contributed by atoms with E-state index < -0.39 is 5.97 Å². The molecule has 1 fully saturated rings. The SMILES string of the molecule is CC(C(=O)Nc1ccc(Oc2ccccc2)cc1)C1CCCN(Cc2cccc(C(=O)O)c2)NC1. The number of nitrogens with zero attached hydrogens (tertiary/aromatic N) is 1. The molecule has 182 valence electrons. The molecule has 2 unspecified atom stereocenters. The van der Waals surface area contributed by atoms with Crippen LogP contribution in [0.4, 0.5) is 5.69 Å². The van der Waals surface area contributed by atoms with Crippen LogP contribution in [0.15, 0.2) is 78.9 Å². The van der Waals surface area contributed by atoms with E-state index >= 15 is 0 Å². The van der Waals surface area contributed by atoms with Crippen LogP contribution in [0, 0.1) is 11.8 Å². The standard InChI is InChI=1S/C28H31N3O4/c1-20(27(32)30-24-12-14-26(15-13-24)35-25-10-3-2-4-11-25)23-9-6-16-31(29-18-23)19-21-7-5-8-22(17-21)28(33)34/h2-5,7-8,10-15,17,20,23,29H,6,9,16,18-19H2,1H3,(H,30,32)(H,33,34). The number of para-hydroxylation sites is 1. The van der Waals surface area contributed by atoms with Gasteiger partial charge in [-0.25, -0.2) is 9.80 Å². The van der Waals surface area contributed by atoms with Gasteiger partial charge in [0.05, 0.1) is 5.56 Å². The molecule has 1 aliphatic rings. The first kappa shape index (κ1) is 24.4. The molecule has 4 rings (SSSR count). The molecule has 1 heterocycles. The lowest BCUT2D eigenvalue weighted by molar-refractivity contribution is -0.121. The summed E-state index contributed by atoms with van der Waals surface area (Å²) in [6.07, 6.45) is 1.90. The highest BCUT2D eigenvalue weighted by Crippen LogP contribution is 2.25. The monoisotopic (exact) mass is 473 g/mol. The first-order valence-corrected chi connectivity index (χ1v) is 11.9. The Morgan fingerprint density at radius 2 is 1.80 bits per heavy atom. The van der Waals surface area contributed by atoms with Crippen LogP contribution in [0.25, 0.3) is 0 Å². The van der Waals surface area contributed by atoms with Gasteiger partial charge in [-0.3, -0.25) is 10.2 Å². The second kappa shape index (κ2) is 11.6. The third kappa shape index (κ3) is 6.91. The summed E-state index contributed by atoms with van der Waals surface area (Å²) >= 11 is 0. The van der Waals surface area contributed by atoms with Gasteiger partial charge in [0.15, 0.2) is 0 Å². The Labute approximate surface area is 205 Å².